The molecule has 1 saturated heterocycles. The van der Waals surface area contributed by atoms with Gasteiger partial charge >= 0.3 is 6.09 Å². The molecule has 0 radical (unpaired) electrons. The lowest BCUT2D eigenvalue weighted by Crippen LogP contribution is -2.34. The van der Waals surface area contributed by atoms with Crippen molar-refractivity contribution in [3.05, 3.63) is 18.2 Å². The number of carboxylic acid groups (broad SMARTS) is 1. The summed E-state index contributed by atoms with van der Waals surface area (Å²) in [5, 5.41) is 9.18. The van der Waals surface area contributed by atoms with Gasteiger partial charge in [0, 0.05) is 32.0 Å². The Morgan fingerprint density at radius 3 is 2.95 bits per heavy atom. The maximum Gasteiger partial charge on any atom is 0.407 e. The summed E-state index contributed by atoms with van der Waals surface area (Å²) in [5.41, 5.74) is 0. The lowest BCUT2D eigenvalue weighted by atomic mass is 10.1. The average molecular weight is 280 g/mol. The van der Waals surface area contributed by atoms with Crippen LogP contribution in [0.25, 0.3) is 0 Å². The summed E-state index contributed by atoms with van der Waals surface area (Å²) in [6.45, 7) is 4.02. The molecule has 0 bridgehead atoms. The van der Waals surface area contributed by atoms with E-state index in [0.29, 0.717) is 6.04 Å². The minimum absolute atomic E-state index is 0.186. The van der Waals surface area contributed by atoms with Crippen LogP contribution in [0.15, 0.2) is 12.4 Å². The van der Waals surface area contributed by atoms with E-state index in [-0.39, 0.29) is 6.04 Å². The fourth-order valence-electron chi connectivity index (χ4n) is 2.97. The summed E-state index contributed by atoms with van der Waals surface area (Å²) >= 11 is 0. The quantitative estimate of drug-likeness (QED) is 0.896. The zero-order valence-electron chi connectivity index (χ0n) is 12.5. The Labute approximate surface area is 120 Å². The van der Waals surface area contributed by atoms with E-state index in [1.54, 1.807) is 13.2 Å². The van der Waals surface area contributed by atoms with E-state index in [1.165, 1.54) is 17.7 Å². The van der Waals surface area contributed by atoms with Crippen molar-refractivity contribution in [1.29, 1.82) is 0 Å². The van der Waals surface area contributed by atoms with Crippen molar-refractivity contribution in [2.24, 2.45) is 0 Å². The Bertz CT molecular complexity index is 460. The van der Waals surface area contributed by atoms with Crippen LogP contribution < -0.4 is 0 Å². The van der Waals surface area contributed by atoms with Crippen molar-refractivity contribution in [2.75, 3.05) is 20.6 Å². The van der Waals surface area contributed by atoms with Gasteiger partial charge in [0.25, 0.3) is 0 Å². The fraction of sp³-hybridized carbons (Fsp3) is 0.714. The van der Waals surface area contributed by atoms with Crippen LogP contribution in [0, 0.1) is 0 Å². The molecule has 1 N–H and O–H groups in total. The molecule has 6 heteroatoms. The third-order valence-electron chi connectivity index (χ3n) is 4.28. The van der Waals surface area contributed by atoms with Crippen LogP contribution in [0.3, 0.4) is 0 Å². The third-order valence-corrected chi connectivity index (χ3v) is 4.28. The topological polar surface area (TPSA) is 61.6 Å². The highest BCUT2D eigenvalue weighted by atomic mass is 16.4. The molecule has 20 heavy (non-hydrogen) atoms. The summed E-state index contributed by atoms with van der Waals surface area (Å²) in [5.74, 6) is 0.845. The van der Waals surface area contributed by atoms with E-state index in [9.17, 15) is 9.90 Å². The first-order valence-corrected chi connectivity index (χ1v) is 7.21. The second-order valence-electron chi connectivity index (χ2n) is 5.53. The first kappa shape index (κ1) is 14.8. The normalized spacial score (nSPS) is 21.1. The van der Waals surface area contributed by atoms with E-state index in [4.69, 9.17) is 0 Å². The molecule has 2 heterocycles. The predicted octanol–water partition coefficient (Wildman–Crippen LogP) is 2.04. The van der Waals surface area contributed by atoms with Crippen molar-refractivity contribution < 1.29 is 9.90 Å². The van der Waals surface area contributed by atoms with Crippen molar-refractivity contribution in [3.8, 4) is 0 Å². The highest BCUT2D eigenvalue weighted by molar-refractivity contribution is 5.65. The summed E-state index contributed by atoms with van der Waals surface area (Å²) < 4.78 is 2.11. The lowest BCUT2D eigenvalue weighted by Gasteiger charge is -2.27. The molecule has 6 nitrogen and oxygen atoms in total. The maximum atomic E-state index is 11.2. The smallest absolute Gasteiger partial charge is 0.407 e. The molecule has 0 aromatic carbocycles. The fourth-order valence-corrected chi connectivity index (χ4v) is 2.97. The minimum Gasteiger partial charge on any atom is -0.465 e. The Kier molecular flexibility index (Phi) is 4.65. The standard InChI is InChI=1S/C14H24N4O2/c1-4-12(17(3)14(19)20)13-15-7-9-18(13)10-11-6-5-8-16(11)2/h7,9,11-12H,4-6,8,10H2,1-3H3,(H,19,20). The highest BCUT2D eigenvalue weighted by Crippen LogP contribution is 2.24. The van der Waals surface area contributed by atoms with Crippen LogP contribution in [0.4, 0.5) is 4.79 Å². The Morgan fingerprint density at radius 2 is 2.40 bits per heavy atom. The van der Waals surface area contributed by atoms with E-state index >= 15 is 0 Å². The van der Waals surface area contributed by atoms with Gasteiger partial charge in [-0.25, -0.2) is 9.78 Å². The zero-order valence-corrected chi connectivity index (χ0v) is 12.5. The van der Waals surface area contributed by atoms with E-state index < -0.39 is 6.09 Å². The van der Waals surface area contributed by atoms with Gasteiger partial charge in [-0.3, -0.25) is 0 Å². The molecule has 1 aromatic heterocycles. The van der Waals surface area contributed by atoms with Crippen LogP contribution >= 0.6 is 0 Å². The molecule has 1 aliphatic heterocycles. The summed E-state index contributed by atoms with van der Waals surface area (Å²) in [4.78, 5) is 19.3. The number of aromatic nitrogens is 2. The summed E-state index contributed by atoms with van der Waals surface area (Å²) in [6, 6.07) is 0.338. The van der Waals surface area contributed by atoms with Gasteiger partial charge < -0.3 is 19.5 Å². The molecule has 2 unspecified atom stereocenters. The number of rotatable bonds is 5. The number of imidazole rings is 1. The minimum atomic E-state index is -0.913. The summed E-state index contributed by atoms with van der Waals surface area (Å²) in [6.07, 6.45) is 5.96. The van der Waals surface area contributed by atoms with E-state index in [1.807, 2.05) is 13.1 Å². The van der Waals surface area contributed by atoms with Gasteiger partial charge in [0.2, 0.25) is 0 Å². The van der Waals surface area contributed by atoms with Crippen molar-refractivity contribution in [2.45, 2.75) is 44.8 Å². The molecule has 0 saturated carbocycles. The number of nitrogens with zero attached hydrogens (tertiary/aromatic N) is 4. The number of carbonyl (C=O) groups is 1. The van der Waals surface area contributed by atoms with Crippen LogP contribution in [-0.2, 0) is 6.54 Å². The Balaban J connectivity index is 2.16. The van der Waals surface area contributed by atoms with Gasteiger partial charge in [0.15, 0.2) is 0 Å². The Hall–Kier alpha value is -1.56. The third kappa shape index (κ3) is 2.95. The number of likely N-dealkylation sites (N-methyl/N-ethyl adjacent to an activating group) is 1. The molecule has 2 rings (SSSR count). The zero-order chi connectivity index (χ0) is 14.7. The van der Waals surface area contributed by atoms with Gasteiger partial charge in [-0.05, 0) is 32.9 Å². The molecule has 1 amide bonds. The van der Waals surface area contributed by atoms with E-state index in [2.05, 4.69) is 21.5 Å². The predicted molar refractivity (Wildman–Crippen MR) is 76.7 cm³/mol. The van der Waals surface area contributed by atoms with Gasteiger partial charge in [-0.2, -0.15) is 0 Å². The SMILES string of the molecule is CCC(c1nccn1CC1CCCN1C)N(C)C(=O)O. The second kappa shape index (κ2) is 6.26. The van der Waals surface area contributed by atoms with Crippen molar-refractivity contribution >= 4 is 6.09 Å². The first-order valence-electron chi connectivity index (χ1n) is 7.21. The molecule has 2 atom stereocenters. The molecule has 1 fully saturated rings. The molecule has 1 aromatic rings. The monoisotopic (exact) mass is 280 g/mol. The number of hydrogen-bond donors (Lipinski definition) is 1. The number of likely N-dealkylation sites (tertiary alicyclic amines) is 1. The average Bonchev–Trinajstić information content (AvgIpc) is 3.02. The van der Waals surface area contributed by atoms with Gasteiger partial charge in [0.05, 0.1) is 6.04 Å². The summed E-state index contributed by atoms with van der Waals surface area (Å²) in [7, 11) is 3.76. The molecular weight excluding hydrogens is 256 g/mol. The molecule has 1 aliphatic rings. The largest absolute Gasteiger partial charge is 0.465 e. The van der Waals surface area contributed by atoms with Crippen LogP contribution in [0.1, 0.15) is 38.1 Å². The first-order chi connectivity index (χ1) is 9.54. The highest BCUT2D eigenvalue weighted by Gasteiger charge is 2.26. The van der Waals surface area contributed by atoms with Crippen LogP contribution in [0.5, 0.6) is 0 Å². The lowest BCUT2D eigenvalue weighted by molar-refractivity contribution is 0.133. The molecule has 0 spiro atoms. The van der Waals surface area contributed by atoms with Crippen molar-refractivity contribution in [1.82, 2.24) is 19.4 Å². The van der Waals surface area contributed by atoms with Gasteiger partial charge in [0.1, 0.15) is 5.82 Å². The second-order valence-corrected chi connectivity index (χ2v) is 5.53. The van der Waals surface area contributed by atoms with Crippen LogP contribution in [0.2, 0.25) is 0 Å². The molecule has 112 valence electrons. The van der Waals surface area contributed by atoms with Gasteiger partial charge in [-0.15, -0.1) is 0 Å². The number of amides is 1. The molecular formula is C14H24N4O2. The molecule has 0 aliphatic carbocycles. The van der Waals surface area contributed by atoms with Gasteiger partial charge in [-0.1, -0.05) is 6.92 Å². The van der Waals surface area contributed by atoms with Crippen molar-refractivity contribution in [3.63, 3.8) is 0 Å². The van der Waals surface area contributed by atoms with Crippen LogP contribution in [-0.4, -0.2) is 57.2 Å². The van der Waals surface area contributed by atoms with E-state index in [0.717, 1.165) is 25.3 Å². The Morgan fingerprint density at radius 1 is 1.65 bits per heavy atom. The maximum absolute atomic E-state index is 11.2. The number of hydrogen-bond acceptors (Lipinski definition) is 3.